The molecular weight excluding hydrogens is 351 g/mol. The highest BCUT2D eigenvalue weighted by Gasteiger charge is 2.35. The first-order valence-corrected chi connectivity index (χ1v) is 8.00. The van der Waals surface area contributed by atoms with Crippen molar-refractivity contribution in [2.45, 2.75) is 54.3 Å². The molecule has 2 unspecified atom stereocenters. The van der Waals surface area contributed by atoms with Crippen LogP contribution in [0.1, 0.15) is 36.0 Å². The van der Waals surface area contributed by atoms with Gasteiger partial charge in [-0.05, 0) is 37.8 Å². The second kappa shape index (κ2) is 7.27. The lowest BCUT2D eigenvalue weighted by atomic mass is 9.99. The summed E-state index contributed by atoms with van der Waals surface area (Å²) in [5.41, 5.74) is -4.48. The Morgan fingerprint density at radius 3 is 2.57 bits per heavy atom. The molecule has 2 atom stereocenters. The van der Waals surface area contributed by atoms with Gasteiger partial charge in [-0.3, -0.25) is 4.79 Å². The molecule has 2 aliphatic rings. The van der Waals surface area contributed by atoms with Crippen LogP contribution in [0.3, 0.4) is 0 Å². The van der Waals surface area contributed by atoms with Crippen LogP contribution in [0.4, 0.5) is 13.2 Å². The van der Waals surface area contributed by atoms with Gasteiger partial charge in [0.15, 0.2) is 0 Å². The maximum atomic E-state index is 12.5. The molecule has 2 fully saturated rings. The van der Waals surface area contributed by atoms with Gasteiger partial charge in [0.25, 0.3) is 5.91 Å². The maximum Gasteiger partial charge on any atom is 0.447 e. The first kappa shape index (κ1) is 18.4. The number of halogens is 4. The van der Waals surface area contributed by atoms with E-state index in [0.29, 0.717) is 12.1 Å². The molecule has 23 heavy (non-hydrogen) atoms. The van der Waals surface area contributed by atoms with Crippen molar-refractivity contribution in [2.24, 2.45) is 0 Å². The predicted octanol–water partition coefficient (Wildman–Crippen LogP) is 3.13. The van der Waals surface area contributed by atoms with E-state index in [1.165, 1.54) is 18.3 Å². The number of amides is 1. The van der Waals surface area contributed by atoms with Gasteiger partial charge in [-0.1, -0.05) is 0 Å². The van der Waals surface area contributed by atoms with Gasteiger partial charge in [-0.2, -0.15) is 13.2 Å². The van der Waals surface area contributed by atoms with Gasteiger partial charge in [-0.25, -0.2) is 4.98 Å². The van der Waals surface area contributed by atoms with E-state index in [9.17, 15) is 18.0 Å². The van der Waals surface area contributed by atoms with Crippen molar-refractivity contribution in [3.05, 3.63) is 23.9 Å². The fraction of sp³-hybridized carbons (Fsp3) is 0.571. The van der Waals surface area contributed by atoms with E-state index in [-0.39, 0.29) is 40.8 Å². The second-order valence-corrected chi connectivity index (χ2v) is 6.74. The molecule has 2 N–H and O–H groups in total. The summed E-state index contributed by atoms with van der Waals surface area (Å²) in [6.07, 6.45) is 5.10. The molecule has 2 saturated heterocycles. The van der Waals surface area contributed by atoms with Crippen LogP contribution in [-0.4, -0.2) is 34.5 Å². The highest BCUT2D eigenvalue weighted by atomic mass is 35.5. The summed E-state index contributed by atoms with van der Waals surface area (Å²) in [4.78, 5) is 16.0. The fourth-order valence-electron chi connectivity index (χ4n) is 3.19. The number of hydrogen-bond acceptors (Lipinski definition) is 4. The van der Waals surface area contributed by atoms with E-state index in [2.05, 4.69) is 15.6 Å². The summed E-state index contributed by atoms with van der Waals surface area (Å²) in [5, 5.41) is 6.02. The van der Waals surface area contributed by atoms with Crippen LogP contribution in [0.2, 0.25) is 0 Å². The number of thioether (sulfide) groups is 1. The molecule has 4 nitrogen and oxygen atoms in total. The van der Waals surface area contributed by atoms with Gasteiger partial charge < -0.3 is 10.6 Å². The number of fused-ring (bicyclic) bond motifs is 2. The minimum atomic E-state index is -4.46. The van der Waals surface area contributed by atoms with Crippen LogP contribution in [0, 0.1) is 0 Å². The topological polar surface area (TPSA) is 54.0 Å². The summed E-state index contributed by atoms with van der Waals surface area (Å²) in [6.45, 7) is 0. The number of aromatic nitrogens is 1. The largest absolute Gasteiger partial charge is 0.447 e. The predicted molar refractivity (Wildman–Crippen MR) is 83.8 cm³/mol. The normalized spacial score (nSPS) is 26.5. The highest BCUT2D eigenvalue weighted by Crippen LogP contribution is 2.37. The molecule has 0 saturated carbocycles. The molecule has 1 aromatic heterocycles. The van der Waals surface area contributed by atoms with Gasteiger partial charge in [0.2, 0.25) is 0 Å². The summed E-state index contributed by atoms with van der Waals surface area (Å²) in [5.74, 6) is -0.480. The first-order chi connectivity index (χ1) is 10.4. The molecule has 1 amide bonds. The van der Waals surface area contributed by atoms with E-state index in [1.807, 2.05) is 0 Å². The van der Waals surface area contributed by atoms with Crippen LogP contribution in [0.15, 0.2) is 23.4 Å². The third-order valence-electron chi connectivity index (χ3n) is 4.04. The summed E-state index contributed by atoms with van der Waals surface area (Å²) in [7, 11) is 0. The number of piperidine rings is 1. The zero-order valence-electron chi connectivity index (χ0n) is 12.1. The Bertz CT molecular complexity index is 560. The molecule has 0 radical (unpaired) electrons. The zero-order chi connectivity index (χ0) is 15.7. The molecule has 1 aromatic rings. The van der Waals surface area contributed by atoms with E-state index in [1.54, 1.807) is 0 Å². The number of pyridine rings is 1. The van der Waals surface area contributed by atoms with Crippen molar-refractivity contribution in [3.63, 3.8) is 0 Å². The highest BCUT2D eigenvalue weighted by molar-refractivity contribution is 8.00. The van der Waals surface area contributed by atoms with Crippen LogP contribution >= 0.6 is 24.2 Å². The lowest BCUT2D eigenvalue weighted by Crippen LogP contribution is -2.48. The standard InChI is InChI=1S/C14H16F3N3OS.ClH/c15-14(16,17)22-13-11(2-1-5-18-13)12(21)20-10-6-8-3-4-9(7-10)19-8;/h1-2,5,8-10,19H,3-4,6-7H2,(H,20,21);1H. The molecule has 0 aliphatic carbocycles. The molecule has 3 heterocycles. The Kier molecular flexibility index (Phi) is 5.80. The zero-order valence-corrected chi connectivity index (χ0v) is 13.7. The molecular formula is C14H17ClF3N3OS. The first-order valence-electron chi connectivity index (χ1n) is 7.18. The molecule has 128 valence electrons. The van der Waals surface area contributed by atoms with Crippen molar-refractivity contribution >= 4 is 30.1 Å². The Hall–Kier alpha value is -0.990. The van der Waals surface area contributed by atoms with E-state index in [0.717, 1.165) is 25.7 Å². The third-order valence-corrected chi connectivity index (χ3v) is 4.79. The number of alkyl halides is 3. The SMILES string of the molecule is Cl.O=C(NC1CC2CCC(C1)N2)c1cccnc1SC(F)(F)F. The fourth-order valence-corrected chi connectivity index (χ4v) is 3.80. The number of carbonyl (C=O) groups excluding carboxylic acids is 1. The summed E-state index contributed by atoms with van der Waals surface area (Å²) in [6, 6.07) is 3.67. The lowest BCUT2D eigenvalue weighted by molar-refractivity contribution is -0.0329. The molecule has 9 heteroatoms. The Balaban J connectivity index is 0.00000192. The Morgan fingerprint density at radius 2 is 1.96 bits per heavy atom. The molecule has 0 spiro atoms. The average molecular weight is 368 g/mol. The molecule has 2 aliphatic heterocycles. The molecule has 2 bridgehead atoms. The summed E-state index contributed by atoms with van der Waals surface area (Å²) < 4.78 is 37.6. The van der Waals surface area contributed by atoms with Gasteiger partial charge in [0, 0.05) is 36.1 Å². The Morgan fingerprint density at radius 1 is 1.30 bits per heavy atom. The minimum absolute atomic E-state index is 0. The van der Waals surface area contributed by atoms with Gasteiger partial charge >= 0.3 is 5.51 Å². The Labute approximate surface area is 142 Å². The van der Waals surface area contributed by atoms with Crippen molar-refractivity contribution in [1.82, 2.24) is 15.6 Å². The van der Waals surface area contributed by atoms with E-state index < -0.39 is 11.4 Å². The van der Waals surface area contributed by atoms with Crippen molar-refractivity contribution < 1.29 is 18.0 Å². The smallest absolute Gasteiger partial charge is 0.349 e. The maximum absolute atomic E-state index is 12.5. The van der Waals surface area contributed by atoms with Crippen LogP contribution in [0.5, 0.6) is 0 Å². The van der Waals surface area contributed by atoms with E-state index >= 15 is 0 Å². The van der Waals surface area contributed by atoms with Crippen molar-refractivity contribution in [3.8, 4) is 0 Å². The average Bonchev–Trinajstić information content (AvgIpc) is 2.76. The minimum Gasteiger partial charge on any atom is -0.349 e. The van der Waals surface area contributed by atoms with Crippen LogP contribution < -0.4 is 10.6 Å². The monoisotopic (exact) mass is 367 g/mol. The van der Waals surface area contributed by atoms with Crippen LogP contribution in [0.25, 0.3) is 0 Å². The number of rotatable bonds is 3. The van der Waals surface area contributed by atoms with Crippen LogP contribution in [-0.2, 0) is 0 Å². The quantitative estimate of drug-likeness (QED) is 0.806. The van der Waals surface area contributed by atoms with Gasteiger partial charge in [0.1, 0.15) is 5.03 Å². The second-order valence-electron chi connectivity index (χ2n) is 5.68. The summed E-state index contributed by atoms with van der Waals surface area (Å²) >= 11 is -0.353. The van der Waals surface area contributed by atoms with Gasteiger partial charge in [0.05, 0.1) is 5.56 Å². The van der Waals surface area contributed by atoms with Crippen molar-refractivity contribution in [1.29, 1.82) is 0 Å². The number of nitrogens with one attached hydrogen (secondary N) is 2. The molecule has 0 aromatic carbocycles. The van der Waals surface area contributed by atoms with Crippen molar-refractivity contribution in [2.75, 3.05) is 0 Å². The number of hydrogen-bond donors (Lipinski definition) is 2. The lowest BCUT2D eigenvalue weighted by Gasteiger charge is -2.29. The molecule has 3 rings (SSSR count). The van der Waals surface area contributed by atoms with E-state index in [4.69, 9.17) is 0 Å². The number of nitrogens with zero attached hydrogens (tertiary/aromatic N) is 1. The number of carbonyl (C=O) groups is 1. The van der Waals surface area contributed by atoms with Gasteiger partial charge in [-0.15, -0.1) is 12.4 Å². The third kappa shape index (κ3) is 4.74.